The first-order valence-electron chi connectivity index (χ1n) is 3.80. The van der Waals surface area contributed by atoms with E-state index in [1.54, 1.807) is 0 Å². The van der Waals surface area contributed by atoms with Crippen LogP contribution in [0.4, 0.5) is 35.1 Å². The molecule has 0 radical (unpaired) electrons. The van der Waals surface area contributed by atoms with Crippen molar-refractivity contribution in [3.8, 4) is 0 Å². The van der Waals surface area contributed by atoms with E-state index >= 15 is 0 Å². The first-order chi connectivity index (χ1) is 7.59. The molecule has 0 aliphatic heterocycles. The summed E-state index contributed by atoms with van der Waals surface area (Å²) >= 11 is 1.48. The maximum Gasteiger partial charge on any atom is 0.332 e. The zero-order valence-corrected chi connectivity index (χ0v) is 9.07. The predicted molar refractivity (Wildman–Crippen MR) is 44.1 cm³/mol. The molecule has 9 heteroatoms. The maximum atomic E-state index is 13.1. The first kappa shape index (κ1) is 14.2. The highest BCUT2D eigenvalue weighted by Crippen LogP contribution is 2.42. The van der Waals surface area contributed by atoms with Gasteiger partial charge >= 0.3 is 4.83 Å². The standard InChI is InChI=1S/C8HBrF8/c9-8(16,17)2-3(10)1(7(14)15)4(11)6(13)5(2)12/h7H. The third kappa shape index (κ3) is 2.38. The van der Waals surface area contributed by atoms with Crippen LogP contribution in [0.25, 0.3) is 0 Å². The van der Waals surface area contributed by atoms with E-state index < -0.39 is 45.7 Å². The van der Waals surface area contributed by atoms with Gasteiger partial charge in [0.25, 0.3) is 6.43 Å². The zero-order valence-electron chi connectivity index (χ0n) is 7.48. The summed E-state index contributed by atoms with van der Waals surface area (Å²) in [5, 5.41) is 0. The van der Waals surface area contributed by atoms with Gasteiger partial charge in [-0.3, -0.25) is 0 Å². The molecule has 0 N–H and O–H groups in total. The van der Waals surface area contributed by atoms with Gasteiger partial charge in [-0.05, 0) is 15.9 Å². The summed E-state index contributed by atoms with van der Waals surface area (Å²) in [6.07, 6.45) is -3.90. The Labute approximate surface area is 97.4 Å². The Balaban J connectivity index is 3.75. The van der Waals surface area contributed by atoms with Gasteiger partial charge in [-0.15, -0.1) is 0 Å². The van der Waals surface area contributed by atoms with Gasteiger partial charge in [0.2, 0.25) is 0 Å². The Kier molecular flexibility index (Phi) is 3.70. The smallest absolute Gasteiger partial charge is 0.206 e. The van der Waals surface area contributed by atoms with Gasteiger partial charge in [0, 0.05) is 0 Å². The minimum Gasteiger partial charge on any atom is -0.206 e. The third-order valence-corrected chi connectivity index (χ3v) is 2.20. The van der Waals surface area contributed by atoms with Crippen molar-refractivity contribution in [2.75, 3.05) is 0 Å². The normalized spacial score (nSPS) is 12.4. The number of rotatable bonds is 2. The van der Waals surface area contributed by atoms with Crippen LogP contribution in [-0.4, -0.2) is 0 Å². The topological polar surface area (TPSA) is 0 Å². The maximum absolute atomic E-state index is 13.1. The molecule has 0 amide bonds. The summed E-state index contributed by atoms with van der Waals surface area (Å²) in [7, 11) is 0. The van der Waals surface area contributed by atoms with E-state index in [1.165, 1.54) is 15.9 Å². The van der Waals surface area contributed by atoms with E-state index in [0.29, 0.717) is 0 Å². The van der Waals surface area contributed by atoms with E-state index in [0.717, 1.165) is 0 Å². The number of hydrogen-bond acceptors (Lipinski definition) is 0. The van der Waals surface area contributed by atoms with Crippen LogP contribution in [0.3, 0.4) is 0 Å². The fraction of sp³-hybridized carbons (Fsp3) is 0.250. The third-order valence-electron chi connectivity index (χ3n) is 1.80. The summed E-state index contributed by atoms with van der Waals surface area (Å²) in [5.74, 6) is -10.2. The molecule has 0 aromatic heterocycles. The summed E-state index contributed by atoms with van der Waals surface area (Å²) in [6.45, 7) is 0. The van der Waals surface area contributed by atoms with Crippen LogP contribution in [-0.2, 0) is 4.83 Å². The number of halogens is 9. The largest absolute Gasteiger partial charge is 0.332 e. The fourth-order valence-corrected chi connectivity index (χ4v) is 1.44. The highest BCUT2D eigenvalue weighted by Gasteiger charge is 2.41. The lowest BCUT2D eigenvalue weighted by Crippen LogP contribution is -2.16. The summed E-state index contributed by atoms with van der Waals surface area (Å²) in [6, 6.07) is 0. The molecule has 1 rings (SSSR count). The van der Waals surface area contributed by atoms with Crippen molar-refractivity contribution >= 4 is 15.9 Å². The zero-order chi connectivity index (χ0) is 13.5. The van der Waals surface area contributed by atoms with Gasteiger partial charge in [0.1, 0.15) is 11.4 Å². The summed E-state index contributed by atoms with van der Waals surface area (Å²) < 4.78 is 101. The lowest BCUT2D eigenvalue weighted by molar-refractivity contribution is 0.0979. The molecule has 1 aromatic carbocycles. The number of benzene rings is 1. The van der Waals surface area contributed by atoms with E-state index in [-0.39, 0.29) is 0 Å². The van der Waals surface area contributed by atoms with E-state index in [2.05, 4.69) is 0 Å². The second-order valence-corrected chi connectivity index (χ2v) is 3.84. The van der Waals surface area contributed by atoms with Crippen molar-refractivity contribution in [1.82, 2.24) is 0 Å². The van der Waals surface area contributed by atoms with Gasteiger partial charge in [-0.2, -0.15) is 8.78 Å². The molecule has 0 spiro atoms. The molecule has 0 bridgehead atoms. The average molecular weight is 329 g/mol. The van der Waals surface area contributed by atoms with Crippen molar-refractivity contribution < 1.29 is 35.1 Å². The summed E-state index contributed by atoms with van der Waals surface area (Å²) in [4.78, 5) is -4.45. The van der Waals surface area contributed by atoms with Crippen LogP contribution in [0, 0.1) is 23.3 Å². The van der Waals surface area contributed by atoms with Crippen LogP contribution in [0.1, 0.15) is 17.6 Å². The van der Waals surface area contributed by atoms with E-state index in [1.807, 2.05) is 0 Å². The Hall–Kier alpha value is -0.860. The SMILES string of the molecule is Fc1c(F)c(C(F)F)c(F)c(C(F)(F)Br)c1F. The van der Waals surface area contributed by atoms with Crippen molar-refractivity contribution in [2.24, 2.45) is 0 Å². The monoisotopic (exact) mass is 328 g/mol. The molecule has 0 atom stereocenters. The van der Waals surface area contributed by atoms with Gasteiger partial charge in [0.05, 0.1) is 5.56 Å². The minimum absolute atomic E-state index is 1.48. The lowest BCUT2D eigenvalue weighted by atomic mass is 10.1. The summed E-state index contributed by atoms with van der Waals surface area (Å²) in [5.41, 5.74) is -4.54. The van der Waals surface area contributed by atoms with Gasteiger partial charge < -0.3 is 0 Å². The quantitative estimate of drug-likeness (QED) is 0.321. The van der Waals surface area contributed by atoms with Crippen LogP contribution in [0.15, 0.2) is 0 Å². The van der Waals surface area contributed by atoms with Crippen LogP contribution >= 0.6 is 15.9 Å². The Bertz CT molecular complexity index is 450. The van der Waals surface area contributed by atoms with Gasteiger partial charge in [-0.25, -0.2) is 26.3 Å². The average Bonchev–Trinajstić information content (AvgIpc) is 2.11. The molecule has 1 aromatic rings. The van der Waals surface area contributed by atoms with Crippen LogP contribution < -0.4 is 0 Å². The fourth-order valence-electron chi connectivity index (χ4n) is 1.09. The molecule has 0 saturated carbocycles. The Morgan fingerprint density at radius 3 is 1.65 bits per heavy atom. The molecule has 0 aliphatic carbocycles. The van der Waals surface area contributed by atoms with Crippen molar-refractivity contribution in [2.45, 2.75) is 11.3 Å². The van der Waals surface area contributed by atoms with Crippen molar-refractivity contribution in [3.05, 3.63) is 34.4 Å². The van der Waals surface area contributed by atoms with E-state index in [9.17, 15) is 35.1 Å². The van der Waals surface area contributed by atoms with Gasteiger partial charge in [0.15, 0.2) is 17.5 Å². The van der Waals surface area contributed by atoms with E-state index in [4.69, 9.17) is 0 Å². The number of hydrogen-bond donors (Lipinski definition) is 0. The minimum atomic E-state index is -4.45. The Morgan fingerprint density at radius 1 is 0.824 bits per heavy atom. The number of alkyl halides is 5. The Morgan fingerprint density at radius 2 is 1.29 bits per heavy atom. The second kappa shape index (κ2) is 4.43. The molecular formula is C8HBrF8. The molecule has 0 unspecified atom stereocenters. The van der Waals surface area contributed by atoms with Crippen LogP contribution in [0.2, 0.25) is 0 Å². The molecule has 0 saturated heterocycles. The van der Waals surface area contributed by atoms with Crippen molar-refractivity contribution in [3.63, 3.8) is 0 Å². The lowest BCUT2D eigenvalue weighted by Gasteiger charge is -2.15. The first-order valence-corrected chi connectivity index (χ1v) is 4.59. The molecule has 0 nitrogen and oxygen atoms in total. The highest BCUT2D eigenvalue weighted by molar-refractivity contribution is 9.09. The molecule has 17 heavy (non-hydrogen) atoms. The molecule has 0 fully saturated rings. The van der Waals surface area contributed by atoms with Crippen molar-refractivity contribution in [1.29, 1.82) is 0 Å². The van der Waals surface area contributed by atoms with Gasteiger partial charge in [-0.1, -0.05) is 0 Å². The molecule has 96 valence electrons. The molecule has 0 heterocycles. The second-order valence-electron chi connectivity index (χ2n) is 2.84. The predicted octanol–water partition coefficient (Wildman–Crippen LogP) is 4.62. The molecule has 0 aliphatic rings. The van der Waals surface area contributed by atoms with Crippen LogP contribution in [0.5, 0.6) is 0 Å². The highest BCUT2D eigenvalue weighted by atomic mass is 79.9. The molecular weight excluding hydrogens is 328 g/mol.